The van der Waals surface area contributed by atoms with Crippen LogP contribution in [-0.4, -0.2) is 14.6 Å². The predicted octanol–water partition coefficient (Wildman–Crippen LogP) is 0.932. The third-order valence-electron chi connectivity index (χ3n) is 0. The average molecular weight is 362 g/mol. The Morgan fingerprint density at radius 3 is 1.29 bits per heavy atom. The van der Waals surface area contributed by atoms with Gasteiger partial charge in [0, 0.05) is 63.3 Å². The van der Waals surface area contributed by atoms with Gasteiger partial charge < -0.3 is 5.11 Å². The zero-order chi connectivity index (χ0) is 4.71. The Morgan fingerprint density at radius 1 is 1.29 bits per heavy atom. The van der Waals surface area contributed by atoms with Crippen LogP contribution in [0.5, 0.6) is 0 Å². The smallest absolute Gasteiger partial charge is 0.0307 e. The minimum absolute atomic E-state index is 0. The summed E-state index contributed by atoms with van der Waals surface area (Å²) < 4.78 is 0. The van der Waals surface area contributed by atoms with Crippen molar-refractivity contribution in [3.63, 3.8) is 0 Å². The molecule has 0 atom stereocenters. The van der Waals surface area contributed by atoms with E-state index in [9.17, 15) is 0 Å². The van der Waals surface area contributed by atoms with E-state index in [-0.39, 0.29) is 53.8 Å². The maximum Gasteiger partial charge on any atom is 0.0307 e. The van der Waals surface area contributed by atoms with Gasteiger partial charge in [0.05, 0.1) is 0 Å². The zero-order valence-corrected chi connectivity index (χ0v) is 11.4. The summed E-state index contributed by atoms with van der Waals surface area (Å²) in [6.07, 6.45) is 0. The first-order chi connectivity index (χ1) is 2.41. The molecule has 0 bridgehead atoms. The van der Waals surface area contributed by atoms with E-state index in [1.807, 2.05) is 0 Å². The molecule has 3 radical (unpaired) electrons. The van der Waals surface area contributed by atoms with E-state index in [2.05, 4.69) is 20.2 Å². The predicted molar refractivity (Wildman–Crippen MR) is 24.8 cm³/mol. The Morgan fingerprint density at radius 2 is 1.29 bits per heavy atom. The molecular formula is C3H9OSiWY-. The van der Waals surface area contributed by atoms with E-state index in [1.165, 1.54) is 0 Å². The van der Waals surface area contributed by atoms with E-state index in [1.54, 1.807) is 0 Å². The van der Waals surface area contributed by atoms with Crippen molar-refractivity contribution in [1.82, 2.24) is 0 Å². The molecule has 0 saturated heterocycles. The monoisotopic (exact) mass is 362 g/mol. The van der Waals surface area contributed by atoms with Crippen LogP contribution in [0.1, 0.15) is 0 Å². The van der Waals surface area contributed by atoms with E-state index in [0.717, 1.165) is 9.52 Å². The number of aliphatic hydroxyl groups is 1. The first-order valence-electron chi connectivity index (χ1n) is 1.32. The van der Waals surface area contributed by atoms with Crippen LogP contribution < -0.4 is 0 Å². The van der Waals surface area contributed by atoms with Gasteiger partial charge in [-0.05, 0) is 0 Å². The van der Waals surface area contributed by atoms with Crippen molar-refractivity contribution >= 4 is 9.52 Å². The van der Waals surface area contributed by atoms with Crippen molar-refractivity contribution < 1.29 is 58.9 Å². The van der Waals surface area contributed by atoms with Gasteiger partial charge in [-0.2, -0.15) is 0 Å². The molecule has 41 valence electrons. The van der Waals surface area contributed by atoms with Crippen LogP contribution in [0.15, 0.2) is 0 Å². The van der Waals surface area contributed by atoms with E-state index in [4.69, 9.17) is 5.11 Å². The first-order valence-corrected chi connectivity index (χ1v) is 3.32. The fraction of sp³-hybridized carbons (Fsp3) is 0.667. The number of hydrogen-bond acceptors (Lipinski definition) is 1. The van der Waals surface area contributed by atoms with Gasteiger partial charge in [-0.1, -0.05) is 13.1 Å². The summed E-state index contributed by atoms with van der Waals surface area (Å²) in [7, 11) is 3.33. The number of rotatable bonds is 0. The van der Waals surface area contributed by atoms with E-state index < -0.39 is 0 Å². The third-order valence-corrected chi connectivity index (χ3v) is 0. The Kier molecular flexibility index (Phi) is 145. The molecule has 4 heteroatoms. The Balaban J connectivity index is -0.0000000105. The molecule has 0 aliphatic carbocycles. The second-order valence-electron chi connectivity index (χ2n) is 0.500. The molecule has 0 aliphatic rings. The molecule has 0 aromatic rings. The molecule has 1 N–H and O–H groups in total. The van der Waals surface area contributed by atoms with Gasteiger partial charge in [0.25, 0.3) is 0 Å². The van der Waals surface area contributed by atoms with Gasteiger partial charge in [-0.25, -0.2) is 7.11 Å². The summed E-state index contributed by atoms with van der Waals surface area (Å²) in [6.45, 7) is 4.31. The molecule has 0 unspecified atom stereocenters. The quantitative estimate of drug-likeness (QED) is 0.503. The van der Waals surface area contributed by atoms with Gasteiger partial charge >= 0.3 is 0 Å². The van der Waals surface area contributed by atoms with Crippen molar-refractivity contribution in [2.45, 2.75) is 13.1 Å². The van der Waals surface area contributed by atoms with Gasteiger partial charge in [0.2, 0.25) is 0 Å². The van der Waals surface area contributed by atoms with Crippen molar-refractivity contribution in [1.29, 1.82) is 0 Å². The summed E-state index contributed by atoms with van der Waals surface area (Å²) in [6, 6.07) is 0. The maximum atomic E-state index is 6.75. The second kappa shape index (κ2) is 43.9. The van der Waals surface area contributed by atoms with Crippen LogP contribution in [0.2, 0.25) is 13.1 Å². The summed E-state index contributed by atoms with van der Waals surface area (Å²) in [5, 5.41) is 6.75. The summed E-state index contributed by atoms with van der Waals surface area (Å²) in [5.41, 5.74) is 0. The molecule has 0 fully saturated rings. The van der Waals surface area contributed by atoms with E-state index >= 15 is 0 Å². The molecular weight excluding hydrogens is 353 g/mol. The summed E-state index contributed by atoms with van der Waals surface area (Å²) in [5.74, 6) is 0. The molecule has 0 heterocycles. The molecule has 0 aromatic carbocycles. The first kappa shape index (κ1) is 23.1. The minimum Gasteiger partial charge on any atom is -0.569 e. The molecule has 0 spiro atoms. The van der Waals surface area contributed by atoms with Crippen LogP contribution in [0.25, 0.3) is 0 Å². The fourth-order valence-electron chi connectivity index (χ4n) is 0. The van der Waals surface area contributed by atoms with Gasteiger partial charge in [-0.3, -0.25) is 0 Å². The molecule has 0 aliphatic heterocycles. The fourth-order valence-corrected chi connectivity index (χ4v) is 0. The van der Waals surface area contributed by atoms with Crippen molar-refractivity contribution in [3.05, 3.63) is 7.11 Å². The third kappa shape index (κ3) is 73.2. The van der Waals surface area contributed by atoms with Crippen LogP contribution in [-0.2, 0) is 53.8 Å². The maximum absolute atomic E-state index is 6.75. The largest absolute Gasteiger partial charge is 0.569 e. The number of hydrogen-bond donors (Lipinski definition) is 1. The van der Waals surface area contributed by atoms with Crippen LogP contribution in [0, 0.1) is 7.11 Å². The standard InChI is InChI=1S/C2H6Si.CH3O.W.Y/c1-3-2;1-2;;/h1-2H3;2H,1H2;;/q;-1;;. The molecule has 7 heavy (non-hydrogen) atoms. The number of aliphatic hydroxyl groups excluding tert-OH is 1. The second-order valence-corrected chi connectivity index (χ2v) is 1.50. The van der Waals surface area contributed by atoms with Crippen molar-refractivity contribution in [2.24, 2.45) is 0 Å². The summed E-state index contributed by atoms with van der Waals surface area (Å²) in [4.78, 5) is 0. The molecule has 0 saturated carbocycles. The van der Waals surface area contributed by atoms with Crippen LogP contribution >= 0.6 is 0 Å². The van der Waals surface area contributed by atoms with Gasteiger partial charge in [0.15, 0.2) is 0 Å². The van der Waals surface area contributed by atoms with Crippen molar-refractivity contribution in [3.8, 4) is 0 Å². The Bertz CT molecular complexity index is 14.9. The molecule has 0 amide bonds. The van der Waals surface area contributed by atoms with E-state index in [0.29, 0.717) is 0 Å². The average Bonchev–Trinajstić information content (AvgIpc) is 1.46. The van der Waals surface area contributed by atoms with Crippen molar-refractivity contribution in [2.75, 3.05) is 0 Å². The Hall–Kier alpha value is 1.97. The topological polar surface area (TPSA) is 20.2 Å². The molecule has 0 aromatic heterocycles. The SMILES string of the molecule is C[Si]C.[CH2-]O.[W].[Y]. The van der Waals surface area contributed by atoms with Gasteiger partial charge in [0.1, 0.15) is 0 Å². The summed E-state index contributed by atoms with van der Waals surface area (Å²) >= 11 is 0. The normalized spacial score (nSPS) is 3.43. The molecule has 1 nitrogen and oxygen atoms in total. The van der Waals surface area contributed by atoms with Crippen LogP contribution in [0.4, 0.5) is 0 Å². The zero-order valence-electron chi connectivity index (χ0n) is 4.64. The Labute approximate surface area is 87.6 Å². The van der Waals surface area contributed by atoms with Gasteiger partial charge in [-0.15, -0.1) is 0 Å². The molecule has 0 rings (SSSR count). The minimum atomic E-state index is 0. The van der Waals surface area contributed by atoms with Crippen LogP contribution in [0.3, 0.4) is 0 Å².